The van der Waals surface area contributed by atoms with Crippen LogP contribution in [0.25, 0.3) is 0 Å². The molecule has 1 saturated carbocycles. The molecule has 1 amide bonds. The standard InChI is InChI=1S/C25H36N2O4S/c1-4-14-27(15-5-2)24(28)23-11-10-22-21-8-6-17-16-18(31-32(26,29)30)7-9-19(17)20(21)12-13-25(22,23)3/h7,9,11,16,20-22H,4-6,8,10,12-15H2,1-3H3,(H2,26,29,30)/t20-,21-,22+,25+/m1/s1. The fourth-order valence-electron chi connectivity index (χ4n) is 6.67. The number of amides is 1. The Labute approximate surface area is 192 Å². The van der Waals surface area contributed by atoms with Crippen molar-refractivity contribution in [2.24, 2.45) is 22.4 Å². The monoisotopic (exact) mass is 460 g/mol. The predicted molar refractivity (Wildman–Crippen MR) is 125 cm³/mol. The van der Waals surface area contributed by atoms with Gasteiger partial charge in [0.05, 0.1) is 0 Å². The third-order valence-corrected chi connectivity index (χ3v) is 8.42. The van der Waals surface area contributed by atoms with E-state index >= 15 is 0 Å². The van der Waals surface area contributed by atoms with Crippen molar-refractivity contribution >= 4 is 16.2 Å². The average molecular weight is 461 g/mol. The highest BCUT2D eigenvalue weighted by molar-refractivity contribution is 7.84. The molecule has 0 saturated heterocycles. The van der Waals surface area contributed by atoms with Crippen LogP contribution >= 0.6 is 0 Å². The van der Waals surface area contributed by atoms with Crippen LogP contribution in [0, 0.1) is 17.3 Å². The number of benzene rings is 1. The first-order valence-electron chi connectivity index (χ1n) is 12.0. The van der Waals surface area contributed by atoms with Crippen molar-refractivity contribution in [3.8, 4) is 5.75 Å². The highest BCUT2D eigenvalue weighted by Gasteiger charge is 2.53. The van der Waals surface area contributed by atoms with Crippen molar-refractivity contribution in [1.29, 1.82) is 0 Å². The number of hydrogen-bond acceptors (Lipinski definition) is 4. The molecular weight excluding hydrogens is 424 g/mol. The van der Waals surface area contributed by atoms with E-state index < -0.39 is 10.3 Å². The summed E-state index contributed by atoms with van der Waals surface area (Å²) in [5.74, 6) is 2.01. The lowest BCUT2D eigenvalue weighted by Gasteiger charge is -2.50. The molecule has 32 heavy (non-hydrogen) atoms. The van der Waals surface area contributed by atoms with Crippen LogP contribution in [0.1, 0.15) is 76.3 Å². The number of allylic oxidation sites excluding steroid dienone is 1. The molecule has 3 aliphatic carbocycles. The summed E-state index contributed by atoms with van der Waals surface area (Å²) in [6, 6.07) is 5.57. The van der Waals surface area contributed by atoms with Crippen LogP contribution in [0.2, 0.25) is 0 Å². The zero-order valence-corrected chi connectivity index (χ0v) is 20.3. The predicted octanol–water partition coefficient (Wildman–Crippen LogP) is 4.31. The van der Waals surface area contributed by atoms with E-state index in [9.17, 15) is 13.2 Å². The lowest BCUT2D eigenvalue weighted by Crippen LogP contribution is -2.45. The van der Waals surface area contributed by atoms with Gasteiger partial charge in [0, 0.05) is 24.1 Å². The van der Waals surface area contributed by atoms with Crippen LogP contribution in [0.4, 0.5) is 0 Å². The molecule has 176 valence electrons. The van der Waals surface area contributed by atoms with Gasteiger partial charge in [0.25, 0.3) is 0 Å². The molecule has 7 heteroatoms. The van der Waals surface area contributed by atoms with Gasteiger partial charge in [0.1, 0.15) is 5.75 Å². The molecule has 0 unspecified atom stereocenters. The number of fused-ring (bicyclic) bond motifs is 5. The van der Waals surface area contributed by atoms with E-state index in [-0.39, 0.29) is 17.1 Å². The van der Waals surface area contributed by atoms with Crippen molar-refractivity contribution in [1.82, 2.24) is 4.90 Å². The molecule has 3 aliphatic rings. The summed E-state index contributed by atoms with van der Waals surface area (Å²) in [6.45, 7) is 8.24. The Morgan fingerprint density at radius 2 is 1.94 bits per heavy atom. The average Bonchev–Trinajstić information content (AvgIpc) is 3.08. The van der Waals surface area contributed by atoms with E-state index in [4.69, 9.17) is 9.32 Å². The molecule has 6 nitrogen and oxygen atoms in total. The minimum Gasteiger partial charge on any atom is -0.371 e. The first-order chi connectivity index (χ1) is 15.2. The Balaban J connectivity index is 1.55. The van der Waals surface area contributed by atoms with Crippen molar-refractivity contribution < 1.29 is 17.4 Å². The first-order valence-corrected chi connectivity index (χ1v) is 13.5. The number of carbonyl (C=O) groups excluding carboxylic acids is 1. The maximum absolute atomic E-state index is 13.5. The summed E-state index contributed by atoms with van der Waals surface area (Å²) in [5.41, 5.74) is 3.47. The zero-order chi connectivity index (χ0) is 23.1. The Hall–Kier alpha value is -1.86. The number of rotatable bonds is 7. The second-order valence-electron chi connectivity index (χ2n) is 9.95. The quantitative estimate of drug-likeness (QED) is 0.656. The van der Waals surface area contributed by atoms with E-state index in [1.807, 2.05) is 12.1 Å². The molecule has 0 radical (unpaired) electrons. The Morgan fingerprint density at radius 1 is 1.22 bits per heavy atom. The van der Waals surface area contributed by atoms with Crippen LogP contribution in [0.15, 0.2) is 29.8 Å². The van der Waals surface area contributed by atoms with Crippen LogP contribution in [0.3, 0.4) is 0 Å². The molecule has 4 rings (SSSR count). The van der Waals surface area contributed by atoms with Crippen LogP contribution in [-0.2, 0) is 21.5 Å². The summed E-state index contributed by atoms with van der Waals surface area (Å²) in [6.07, 6.45) is 9.20. The minimum atomic E-state index is -4.02. The zero-order valence-electron chi connectivity index (χ0n) is 19.5. The summed E-state index contributed by atoms with van der Waals surface area (Å²) in [4.78, 5) is 15.5. The van der Waals surface area contributed by atoms with Gasteiger partial charge in [-0.1, -0.05) is 32.9 Å². The molecule has 0 aliphatic heterocycles. The van der Waals surface area contributed by atoms with E-state index in [0.717, 1.165) is 69.2 Å². The first kappa shape index (κ1) is 23.3. The summed E-state index contributed by atoms with van der Waals surface area (Å²) >= 11 is 0. The highest BCUT2D eigenvalue weighted by atomic mass is 32.2. The van der Waals surface area contributed by atoms with E-state index in [2.05, 4.69) is 31.7 Å². The number of nitrogens with two attached hydrogens (primary N) is 1. The van der Waals surface area contributed by atoms with Gasteiger partial charge in [-0.25, -0.2) is 0 Å². The maximum atomic E-state index is 13.5. The van der Waals surface area contributed by atoms with Gasteiger partial charge < -0.3 is 9.08 Å². The second-order valence-corrected chi connectivity index (χ2v) is 11.1. The highest BCUT2D eigenvalue weighted by Crippen LogP contribution is 2.61. The number of carbonyl (C=O) groups is 1. The third kappa shape index (κ3) is 4.21. The van der Waals surface area contributed by atoms with Crippen molar-refractivity contribution in [2.45, 2.75) is 71.6 Å². The molecule has 2 N–H and O–H groups in total. The van der Waals surface area contributed by atoms with Crippen molar-refractivity contribution in [3.05, 3.63) is 41.0 Å². The SMILES string of the molecule is CCCN(CCC)C(=O)C1=CC[C@H]2[C@@H]3CCc4cc(OS(N)(=O)=O)ccc4[C@H]3CC[C@]12C. The van der Waals surface area contributed by atoms with Crippen molar-refractivity contribution in [3.63, 3.8) is 0 Å². The van der Waals surface area contributed by atoms with Crippen molar-refractivity contribution in [2.75, 3.05) is 13.1 Å². The fraction of sp³-hybridized carbons (Fsp3) is 0.640. The Morgan fingerprint density at radius 3 is 2.59 bits per heavy atom. The Kier molecular flexibility index (Phi) is 6.43. The molecule has 0 aromatic heterocycles. The third-order valence-electron chi connectivity index (χ3n) is 8.00. The van der Waals surface area contributed by atoms with Gasteiger partial charge in [0.2, 0.25) is 5.91 Å². The van der Waals surface area contributed by atoms with Gasteiger partial charge in [-0.05, 0) is 86.0 Å². The van der Waals surface area contributed by atoms with Gasteiger partial charge in [-0.3, -0.25) is 4.79 Å². The topological polar surface area (TPSA) is 89.7 Å². The van der Waals surface area contributed by atoms with Crippen LogP contribution in [-0.4, -0.2) is 32.3 Å². The molecule has 0 spiro atoms. The van der Waals surface area contributed by atoms with Gasteiger partial charge >= 0.3 is 10.3 Å². The smallest absolute Gasteiger partial charge is 0.371 e. The minimum absolute atomic E-state index is 0.0494. The van der Waals surface area contributed by atoms with Crippen LogP contribution < -0.4 is 9.32 Å². The van der Waals surface area contributed by atoms with Gasteiger partial charge in [-0.15, -0.1) is 0 Å². The maximum Gasteiger partial charge on any atom is 0.380 e. The molecule has 0 heterocycles. The number of aryl methyl sites for hydroxylation is 1. The lowest BCUT2D eigenvalue weighted by molar-refractivity contribution is -0.129. The summed E-state index contributed by atoms with van der Waals surface area (Å²) in [5, 5.41) is 5.03. The van der Waals surface area contributed by atoms with Gasteiger partial charge in [0.15, 0.2) is 0 Å². The molecule has 1 aromatic carbocycles. The molecule has 4 atom stereocenters. The van der Waals surface area contributed by atoms with Gasteiger partial charge in [-0.2, -0.15) is 13.6 Å². The summed E-state index contributed by atoms with van der Waals surface area (Å²) in [7, 11) is -4.02. The van der Waals surface area contributed by atoms with E-state index in [0.29, 0.717) is 17.8 Å². The number of hydrogen-bond donors (Lipinski definition) is 1. The largest absolute Gasteiger partial charge is 0.380 e. The molecule has 0 bridgehead atoms. The fourth-order valence-corrected chi connectivity index (χ4v) is 7.04. The lowest BCUT2D eigenvalue weighted by atomic mass is 9.54. The normalized spacial score (nSPS) is 28.9. The number of nitrogens with zero attached hydrogens (tertiary/aromatic N) is 1. The van der Waals surface area contributed by atoms with E-state index in [1.165, 1.54) is 5.56 Å². The molecule has 1 aromatic rings. The summed E-state index contributed by atoms with van der Waals surface area (Å²) < 4.78 is 27.5. The second kappa shape index (κ2) is 8.82. The van der Waals surface area contributed by atoms with E-state index in [1.54, 1.807) is 6.07 Å². The van der Waals surface area contributed by atoms with Crippen LogP contribution in [0.5, 0.6) is 5.75 Å². The molecular formula is C25H36N2O4S. The molecule has 1 fully saturated rings. The Bertz CT molecular complexity index is 1010.